The maximum Gasteiger partial charge on any atom is 0.418 e. The summed E-state index contributed by atoms with van der Waals surface area (Å²) < 4.78 is 38.0. The zero-order chi connectivity index (χ0) is 15.5. The van der Waals surface area contributed by atoms with Crippen molar-refractivity contribution in [2.24, 2.45) is 0 Å². The lowest BCUT2D eigenvalue weighted by atomic mass is 10.1. The number of β-lactam (4-membered cyclic amide) rings is 1. The molecule has 10 heteroatoms. The number of carbonyl (C=O) groups is 2. The quantitative estimate of drug-likeness (QED) is 0.572. The molecule has 1 saturated heterocycles. The van der Waals surface area contributed by atoms with Gasteiger partial charge in [-0.05, 0) is 5.56 Å². The number of benzene rings is 1. The third kappa shape index (κ3) is 4.41. The van der Waals surface area contributed by atoms with Crippen LogP contribution in [0.4, 0.5) is 4.79 Å². The SMILES string of the molecule is O=C(N[C@H]1CN(OS(=O)(=O)O)C1=O)OCc1ccccc1. The Balaban J connectivity index is 1.74. The topological polar surface area (TPSA) is 122 Å². The number of nitrogens with zero attached hydrogens (tertiary/aromatic N) is 1. The van der Waals surface area contributed by atoms with Gasteiger partial charge in [-0.15, -0.1) is 4.28 Å². The first-order chi connectivity index (χ1) is 9.85. The molecule has 114 valence electrons. The Bertz CT molecular complexity index is 631. The highest BCUT2D eigenvalue weighted by Gasteiger charge is 2.41. The Kier molecular flexibility index (Phi) is 4.40. The van der Waals surface area contributed by atoms with E-state index in [4.69, 9.17) is 9.29 Å². The molecule has 21 heavy (non-hydrogen) atoms. The van der Waals surface area contributed by atoms with E-state index in [0.717, 1.165) is 5.56 Å². The molecule has 1 fully saturated rings. The maximum atomic E-state index is 11.4. The molecule has 0 aliphatic carbocycles. The van der Waals surface area contributed by atoms with Crippen LogP contribution in [-0.4, -0.2) is 42.6 Å². The molecule has 1 aromatic carbocycles. The third-order valence-electron chi connectivity index (χ3n) is 2.58. The summed E-state index contributed by atoms with van der Waals surface area (Å²) in [5, 5.41) is 2.66. The monoisotopic (exact) mass is 316 g/mol. The Morgan fingerprint density at radius 1 is 1.38 bits per heavy atom. The van der Waals surface area contributed by atoms with Crippen LogP contribution in [0.3, 0.4) is 0 Å². The Morgan fingerprint density at radius 2 is 2.05 bits per heavy atom. The maximum absolute atomic E-state index is 11.4. The summed E-state index contributed by atoms with van der Waals surface area (Å²) in [5.74, 6) is -0.802. The van der Waals surface area contributed by atoms with Crippen molar-refractivity contribution in [3.63, 3.8) is 0 Å². The smallest absolute Gasteiger partial charge is 0.418 e. The first-order valence-corrected chi connectivity index (χ1v) is 7.17. The first-order valence-electron chi connectivity index (χ1n) is 5.81. The minimum Gasteiger partial charge on any atom is -0.445 e. The predicted molar refractivity (Wildman–Crippen MR) is 67.9 cm³/mol. The molecule has 0 unspecified atom stereocenters. The summed E-state index contributed by atoms with van der Waals surface area (Å²) >= 11 is 0. The van der Waals surface area contributed by atoms with Crippen molar-refractivity contribution in [2.45, 2.75) is 12.6 Å². The first kappa shape index (κ1) is 15.2. The van der Waals surface area contributed by atoms with E-state index in [9.17, 15) is 18.0 Å². The van der Waals surface area contributed by atoms with Crippen LogP contribution in [0.15, 0.2) is 30.3 Å². The van der Waals surface area contributed by atoms with E-state index in [1.807, 2.05) is 6.07 Å². The Morgan fingerprint density at radius 3 is 2.62 bits per heavy atom. The second-order valence-electron chi connectivity index (χ2n) is 4.16. The lowest BCUT2D eigenvalue weighted by Gasteiger charge is -2.34. The van der Waals surface area contributed by atoms with E-state index in [0.29, 0.717) is 5.06 Å². The van der Waals surface area contributed by atoms with Crippen LogP contribution in [0.25, 0.3) is 0 Å². The highest BCUT2D eigenvalue weighted by atomic mass is 32.3. The fourth-order valence-corrected chi connectivity index (χ4v) is 1.95. The molecular weight excluding hydrogens is 304 g/mol. The predicted octanol–water partition coefficient (Wildman–Crippen LogP) is -0.142. The van der Waals surface area contributed by atoms with E-state index in [1.165, 1.54) is 0 Å². The summed E-state index contributed by atoms with van der Waals surface area (Å²) in [7, 11) is -4.75. The number of ether oxygens (including phenoxy) is 1. The summed E-state index contributed by atoms with van der Waals surface area (Å²) in [6.07, 6.45) is -0.816. The molecule has 2 N–H and O–H groups in total. The van der Waals surface area contributed by atoms with Gasteiger partial charge in [0.25, 0.3) is 5.91 Å². The van der Waals surface area contributed by atoms with Gasteiger partial charge in [-0.3, -0.25) is 9.35 Å². The number of nitrogens with one attached hydrogen (secondary N) is 1. The van der Waals surface area contributed by atoms with E-state index in [-0.39, 0.29) is 13.2 Å². The number of rotatable bonds is 5. The van der Waals surface area contributed by atoms with Crippen LogP contribution in [0, 0.1) is 0 Å². The fourth-order valence-electron chi connectivity index (χ4n) is 1.59. The van der Waals surface area contributed by atoms with Gasteiger partial charge in [-0.2, -0.15) is 13.5 Å². The van der Waals surface area contributed by atoms with Gasteiger partial charge in [-0.1, -0.05) is 30.3 Å². The van der Waals surface area contributed by atoms with Crippen molar-refractivity contribution in [2.75, 3.05) is 6.54 Å². The molecule has 0 radical (unpaired) electrons. The number of hydrogen-bond donors (Lipinski definition) is 2. The van der Waals surface area contributed by atoms with Gasteiger partial charge in [0.15, 0.2) is 0 Å². The minimum atomic E-state index is -4.75. The van der Waals surface area contributed by atoms with Gasteiger partial charge in [0.2, 0.25) is 0 Å². The van der Waals surface area contributed by atoms with Crippen molar-refractivity contribution >= 4 is 22.4 Å². The van der Waals surface area contributed by atoms with Crippen molar-refractivity contribution in [1.29, 1.82) is 0 Å². The highest BCUT2D eigenvalue weighted by Crippen LogP contribution is 2.13. The molecule has 1 aromatic rings. The molecule has 1 atom stereocenters. The fraction of sp³-hybridized carbons (Fsp3) is 0.273. The lowest BCUT2D eigenvalue weighted by molar-refractivity contribution is -0.180. The molecule has 1 heterocycles. The van der Waals surface area contributed by atoms with Crippen LogP contribution in [0.1, 0.15) is 5.56 Å². The summed E-state index contributed by atoms with van der Waals surface area (Å²) in [5.41, 5.74) is 0.781. The summed E-state index contributed by atoms with van der Waals surface area (Å²) in [6, 6.07) is 7.98. The molecular formula is C11H12N2O7S. The second kappa shape index (κ2) is 6.08. The standard InChI is InChI=1S/C11H12N2O7S/c14-10-9(6-13(10)20-21(16,17)18)12-11(15)19-7-8-4-2-1-3-5-8/h1-5,9H,6-7H2,(H,12,15)(H,16,17,18)/t9-/m0/s1. The highest BCUT2D eigenvalue weighted by molar-refractivity contribution is 7.80. The van der Waals surface area contributed by atoms with Crippen LogP contribution in [0.2, 0.25) is 0 Å². The molecule has 0 saturated carbocycles. The van der Waals surface area contributed by atoms with Gasteiger partial charge in [0.1, 0.15) is 12.6 Å². The average Bonchev–Trinajstić information content (AvgIpc) is 2.43. The van der Waals surface area contributed by atoms with E-state index < -0.39 is 28.4 Å². The number of hydroxylamine groups is 2. The zero-order valence-electron chi connectivity index (χ0n) is 10.6. The lowest BCUT2D eigenvalue weighted by Crippen LogP contribution is -2.63. The second-order valence-corrected chi connectivity index (χ2v) is 5.16. The number of carbonyl (C=O) groups excluding carboxylic acids is 2. The normalized spacial score (nSPS) is 18.0. The molecule has 1 aliphatic rings. The molecule has 2 rings (SSSR count). The van der Waals surface area contributed by atoms with E-state index >= 15 is 0 Å². The molecule has 0 bridgehead atoms. The Labute approximate surface area is 120 Å². The third-order valence-corrected chi connectivity index (χ3v) is 2.95. The molecule has 0 aromatic heterocycles. The van der Waals surface area contributed by atoms with Crippen molar-refractivity contribution in [1.82, 2.24) is 10.4 Å². The average molecular weight is 316 g/mol. The summed E-state index contributed by atoms with van der Waals surface area (Å²) in [6.45, 7) is -0.169. The van der Waals surface area contributed by atoms with Crippen LogP contribution in [0.5, 0.6) is 0 Å². The number of hydrogen-bond acceptors (Lipinski definition) is 6. The van der Waals surface area contributed by atoms with Gasteiger partial charge in [-0.25, -0.2) is 4.79 Å². The van der Waals surface area contributed by atoms with Crippen LogP contribution >= 0.6 is 0 Å². The number of alkyl carbamates (subject to hydrolysis) is 1. The summed E-state index contributed by atoms with van der Waals surface area (Å²) in [4.78, 5) is 22.8. The van der Waals surface area contributed by atoms with Gasteiger partial charge in [0, 0.05) is 0 Å². The molecule has 2 amide bonds. The van der Waals surface area contributed by atoms with Gasteiger partial charge >= 0.3 is 16.5 Å². The van der Waals surface area contributed by atoms with Crippen LogP contribution in [-0.2, 0) is 30.8 Å². The van der Waals surface area contributed by atoms with Gasteiger partial charge in [0.05, 0.1) is 6.54 Å². The largest absolute Gasteiger partial charge is 0.445 e. The molecule has 0 spiro atoms. The van der Waals surface area contributed by atoms with Crippen LogP contribution < -0.4 is 5.32 Å². The van der Waals surface area contributed by atoms with E-state index in [1.54, 1.807) is 24.3 Å². The van der Waals surface area contributed by atoms with Crippen molar-refractivity contribution < 1.29 is 31.6 Å². The minimum absolute atomic E-state index is 0.0405. The molecule has 1 aliphatic heterocycles. The zero-order valence-corrected chi connectivity index (χ0v) is 11.4. The Hall–Kier alpha value is -2.17. The van der Waals surface area contributed by atoms with Crippen molar-refractivity contribution in [3.05, 3.63) is 35.9 Å². The van der Waals surface area contributed by atoms with Crippen molar-refractivity contribution in [3.8, 4) is 0 Å². The van der Waals surface area contributed by atoms with E-state index in [2.05, 4.69) is 9.60 Å². The number of amides is 2. The molecule has 9 nitrogen and oxygen atoms in total. The van der Waals surface area contributed by atoms with Gasteiger partial charge < -0.3 is 10.1 Å².